The van der Waals surface area contributed by atoms with Gasteiger partial charge in [-0.1, -0.05) is 60.7 Å². The Bertz CT molecular complexity index is 1350. The summed E-state index contributed by atoms with van der Waals surface area (Å²) < 4.78 is 0. The van der Waals surface area contributed by atoms with Gasteiger partial charge >= 0.3 is 0 Å². The second-order valence-corrected chi connectivity index (χ2v) is 7.65. The van der Waals surface area contributed by atoms with Crippen LogP contribution in [0, 0.1) is 0 Å². The zero-order valence-electron chi connectivity index (χ0n) is 16.3. The highest BCUT2D eigenvalue weighted by Crippen LogP contribution is 2.40. The van der Waals surface area contributed by atoms with Gasteiger partial charge in [0.25, 0.3) is 0 Å². The Labute approximate surface area is 164 Å². The lowest BCUT2D eigenvalue weighted by atomic mass is 9.88. The summed E-state index contributed by atoms with van der Waals surface area (Å²) in [5.74, 6) is 0.109. The quantitative estimate of drug-likeness (QED) is 0.269. The van der Waals surface area contributed by atoms with Gasteiger partial charge in [0, 0.05) is 25.3 Å². The van der Waals surface area contributed by atoms with Gasteiger partial charge < -0.3 is 4.90 Å². The first-order valence-electron chi connectivity index (χ1n) is 9.54. The van der Waals surface area contributed by atoms with Gasteiger partial charge in [-0.05, 0) is 62.5 Å². The first kappa shape index (κ1) is 16.8. The lowest BCUT2D eigenvalue weighted by molar-refractivity contribution is 0.101. The van der Waals surface area contributed by atoms with Crippen LogP contribution < -0.4 is 4.90 Å². The molecule has 5 aromatic rings. The average molecular weight is 363 g/mol. The topological polar surface area (TPSA) is 20.3 Å². The Morgan fingerprint density at radius 1 is 0.679 bits per heavy atom. The molecule has 0 radical (unpaired) electrons. The van der Waals surface area contributed by atoms with E-state index >= 15 is 0 Å². The van der Waals surface area contributed by atoms with Gasteiger partial charge in [-0.15, -0.1) is 0 Å². The SMILES string of the molecule is CC(=O)c1ccc2ccc3c(-c4ccc(N(C)C)cc4)ccc4ccc1c2c43. The number of benzene rings is 5. The summed E-state index contributed by atoms with van der Waals surface area (Å²) in [4.78, 5) is 14.3. The summed E-state index contributed by atoms with van der Waals surface area (Å²) in [6, 6.07) is 25.7. The fourth-order valence-corrected chi connectivity index (χ4v) is 4.30. The fourth-order valence-electron chi connectivity index (χ4n) is 4.30. The largest absolute Gasteiger partial charge is 0.378 e. The maximum atomic E-state index is 12.2. The maximum absolute atomic E-state index is 12.2. The van der Waals surface area contributed by atoms with E-state index in [1.54, 1.807) is 6.92 Å². The number of anilines is 1. The van der Waals surface area contributed by atoms with Gasteiger partial charge in [-0.3, -0.25) is 4.79 Å². The van der Waals surface area contributed by atoms with E-state index in [1.807, 2.05) is 6.07 Å². The number of Topliss-reactive ketones (excluding diaryl/α,β-unsaturated/α-hetero) is 1. The number of carbonyl (C=O) groups excluding carboxylic acids is 1. The van der Waals surface area contributed by atoms with E-state index in [1.165, 1.54) is 43.7 Å². The van der Waals surface area contributed by atoms with Crippen molar-refractivity contribution < 1.29 is 4.79 Å². The Morgan fingerprint density at radius 2 is 1.25 bits per heavy atom. The molecule has 0 aliphatic carbocycles. The van der Waals surface area contributed by atoms with Crippen molar-refractivity contribution in [3.05, 3.63) is 78.4 Å². The molecule has 2 heteroatoms. The van der Waals surface area contributed by atoms with Crippen LogP contribution in [0.4, 0.5) is 5.69 Å². The molecule has 0 aliphatic rings. The van der Waals surface area contributed by atoms with E-state index in [0.717, 1.165) is 10.9 Å². The van der Waals surface area contributed by atoms with Crippen molar-refractivity contribution in [2.75, 3.05) is 19.0 Å². The Morgan fingerprint density at radius 3 is 1.89 bits per heavy atom. The van der Waals surface area contributed by atoms with Crippen molar-refractivity contribution in [1.29, 1.82) is 0 Å². The number of rotatable bonds is 3. The molecule has 0 bridgehead atoms. The number of ketones is 1. The van der Waals surface area contributed by atoms with Gasteiger partial charge in [0.15, 0.2) is 5.78 Å². The molecule has 136 valence electrons. The van der Waals surface area contributed by atoms with Crippen LogP contribution in [-0.4, -0.2) is 19.9 Å². The summed E-state index contributed by atoms with van der Waals surface area (Å²) in [5.41, 5.74) is 4.41. The summed E-state index contributed by atoms with van der Waals surface area (Å²) >= 11 is 0. The molecule has 0 atom stereocenters. The molecule has 28 heavy (non-hydrogen) atoms. The molecule has 0 saturated heterocycles. The third-order valence-corrected chi connectivity index (χ3v) is 5.74. The third kappa shape index (κ3) is 2.38. The summed E-state index contributed by atoms with van der Waals surface area (Å²) in [7, 11) is 4.11. The number of hydrogen-bond donors (Lipinski definition) is 0. The molecule has 0 unspecified atom stereocenters. The van der Waals surface area contributed by atoms with Gasteiger partial charge in [0.05, 0.1) is 0 Å². The van der Waals surface area contributed by atoms with Crippen LogP contribution in [0.2, 0.25) is 0 Å². The van der Waals surface area contributed by atoms with Gasteiger partial charge in [-0.2, -0.15) is 0 Å². The third-order valence-electron chi connectivity index (χ3n) is 5.74. The molecule has 0 amide bonds. The van der Waals surface area contributed by atoms with E-state index < -0.39 is 0 Å². The van der Waals surface area contributed by atoms with Crippen molar-refractivity contribution >= 4 is 43.8 Å². The standard InChI is InChI=1S/C26H21NO/c1-16(28)21-12-6-18-9-15-24-22(17-4-10-20(11-5-17)27(2)3)13-7-19-8-14-23(21)25(18)26(19)24/h4-15H,1-3H3. The number of hydrogen-bond acceptors (Lipinski definition) is 2. The molecule has 0 heterocycles. The molecule has 0 spiro atoms. The molecule has 5 aromatic carbocycles. The van der Waals surface area contributed by atoms with Crippen molar-refractivity contribution in [2.24, 2.45) is 0 Å². The van der Waals surface area contributed by atoms with Crippen molar-refractivity contribution in [2.45, 2.75) is 6.92 Å². The average Bonchev–Trinajstić information content (AvgIpc) is 2.71. The molecular formula is C26H21NO. The van der Waals surface area contributed by atoms with E-state index in [2.05, 4.69) is 85.7 Å². The second kappa shape index (κ2) is 6.07. The Hall–Kier alpha value is -3.39. The second-order valence-electron chi connectivity index (χ2n) is 7.65. The van der Waals surface area contributed by atoms with Crippen LogP contribution in [-0.2, 0) is 0 Å². The van der Waals surface area contributed by atoms with Gasteiger partial charge in [-0.25, -0.2) is 0 Å². The predicted octanol–water partition coefficient (Wildman–Crippen LogP) is 6.52. The lowest BCUT2D eigenvalue weighted by Crippen LogP contribution is -2.07. The predicted molar refractivity (Wildman–Crippen MR) is 120 cm³/mol. The highest BCUT2D eigenvalue weighted by atomic mass is 16.1. The Kier molecular flexibility index (Phi) is 3.63. The van der Waals surface area contributed by atoms with Crippen LogP contribution in [0.3, 0.4) is 0 Å². The Balaban J connectivity index is 1.85. The minimum atomic E-state index is 0.109. The summed E-state index contributed by atoms with van der Waals surface area (Å²) in [5, 5.41) is 7.10. The molecule has 0 aromatic heterocycles. The summed E-state index contributed by atoms with van der Waals surface area (Å²) in [6.45, 7) is 1.64. The minimum absolute atomic E-state index is 0.109. The molecule has 0 aliphatic heterocycles. The van der Waals surface area contributed by atoms with E-state index in [9.17, 15) is 4.79 Å². The normalized spacial score (nSPS) is 11.5. The van der Waals surface area contributed by atoms with Gasteiger partial charge in [0.1, 0.15) is 0 Å². The zero-order chi connectivity index (χ0) is 19.4. The van der Waals surface area contributed by atoms with E-state index in [-0.39, 0.29) is 5.78 Å². The molecular weight excluding hydrogens is 342 g/mol. The first-order chi connectivity index (χ1) is 13.5. The highest BCUT2D eigenvalue weighted by molar-refractivity contribution is 6.28. The number of carbonyl (C=O) groups is 1. The van der Waals surface area contributed by atoms with Crippen molar-refractivity contribution in [3.8, 4) is 11.1 Å². The smallest absolute Gasteiger partial charge is 0.160 e. The van der Waals surface area contributed by atoms with Crippen molar-refractivity contribution in [1.82, 2.24) is 0 Å². The molecule has 0 N–H and O–H groups in total. The molecule has 0 saturated carbocycles. The maximum Gasteiger partial charge on any atom is 0.160 e. The van der Waals surface area contributed by atoms with Crippen molar-refractivity contribution in [3.63, 3.8) is 0 Å². The van der Waals surface area contributed by atoms with Crippen LogP contribution >= 0.6 is 0 Å². The first-order valence-corrected chi connectivity index (χ1v) is 9.54. The van der Waals surface area contributed by atoms with Crippen LogP contribution in [0.15, 0.2) is 72.8 Å². The van der Waals surface area contributed by atoms with E-state index in [4.69, 9.17) is 0 Å². The van der Waals surface area contributed by atoms with Gasteiger partial charge in [0.2, 0.25) is 0 Å². The monoisotopic (exact) mass is 363 g/mol. The fraction of sp³-hybridized carbons (Fsp3) is 0.115. The summed E-state index contributed by atoms with van der Waals surface area (Å²) in [6.07, 6.45) is 0. The minimum Gasteiger partial charge on any atom is -0.378 e. The highest BCUT2D eigenvalue weighted by Gasteiger charge is 2.15. The van der Waals surface area contributed by atoms with E-state index in [0.29, 0.717) is 0 Å². The zero-order valence-corrected chi connectivity index (χ0v) is 16.3. The lowest BCUT2D eigenvalue weighted by Gasteiger charge is -2.16. The molecule has 0 fully saturated rings. The van der Waals surface area contributed by atoms with Crippen LogP contribution in [0.5, 0.6) is 0 Å². The molecule has 2 nitrogen and oxygen atoms in total. The molecule has 5 rings (SSSR count). The van der Waals surface area contributed by atoms with Crippen LogP contribution in [0.25, 0.3) is 43.4 Å². The number of nitrogens with zero attached hydrogens (tertiary/aromatic N) is 1. The van der Waals surface area contributed by atoms with Crippen LogP contribution in [0.1, 0.15) is 17.3 Å².